The second-order valence-corrected chi connectivity index (χ2v) is 10.7. The Morgan fingerprint density at radius 1 is 1.09 bits per heavy atom. The first kappa shape index (κ1) is 23.5. The van der Waals surface area contributed by atoms with Gasteiger partial charge in [-0.2, -0.15) is 0 Å². The van der Waals surface area contributed by atoms with E-state index in [1.165, 1.54) is 17.7 Å². The number of likely N-dealkylation sites (tertiary alicyclic amines) is 1. The standard InChI is InChI=1S/C28H35FN2O3/c29-23-8-4-5-21(15-23)17-34-20-27(18-30-25-16-24(25)22-6-2-1-3-7-22)11-13-31(14-12-27)19-28(9-10-28)26(32)33/h1-8,15,24-25,30H,9-14,16-20H2,(H,32,33)/t24?,25-/m1/s1. The van der Waals surface area contributed by atoms with Crippen LogP contribution in [0.5, 0.6) is 0 Å². The molecule has 5 rings (SSSR count). The number of rotatable bonds is 11. The Balaban J connectivity index is 1.18. The summed E-state index contributed by atoms with van der Waals surface area (Å²) in [6.07, 6.45) is 4.70. The van der Waals surface area contributed by atoms with Crippen LogP contribution in [0.4, 0.5) is 4.39 Å². The maximum absolute atomic E-state index is 13.5. The summed E-state index contributed by atoms with van der Waals surface area (Å²) in [7, 11) is 0. The van der Waals surface area contributed by atoms with Gasteiger partial charge in [0.1, 0.15) is 5.82 Å². The Morgan fingerprint density at radius 3 is 2.53 bits per heavy atom. The molecule has 3 aliphatic rings. The number of halogens is 1. The molecular formula is C28H35FN2O3. The van der Waals surface area contributed by atoms with Crippen molar-refractivity contribution in [2.24, 2.45) is 10.8 Å². The Labute approximate surface area is 201 Å². The van der Waals surface area contributed by atoms with Crippen LogP contribution < -0.4 is 5.32 Å². The lowest BCUT2D eigenvalue weighted by Crippen LogP contribution is -2.49. The van der Waals surface area contributed by atoms with E-state index >= 15 is 0 Å². The van der Waals surface area contributed by atoms with Gasteiger partial charge in [-0.25, -0.2) is 4.39 Å². The second-order valence-electron chi connectivity index (χ2n) is 10.7. The number of hydrogen-bond acceptors (Lipinski definition) is 4. The molecule has 0 spiro atoms. The molecule has 2 atom stereocenters. The van der Waals surface area contributed by atoms with Crippen LogP contribution in [0.2, 0.25) is 0 Å². The molecule has 6 heteroatoms. The Kier molecular flexibility index (Phi) is 6.74. The zero-order chi connectivity index (χ0) is 23.6. The zero-order valence-electron chi connectivity index (χ0n) is 19.7. The third-order valence-corrected chi connectivity index (χ3v) is 8.07. The fourth-order valence-corrected chi connectivity index (χ4v) is 5.43. The molecule has 0 radical (unpaired) electrons. The molecule has 2 aromatic rings. The summed E-state index contributed by atoms with van der Waals surface area (Å²) >= 11 is 0. The molecular weight excluding hydrogens is 431 g/mol. The van der Waals surface area contributed by atoms with Crippen LogP contribution in [0.25, 0.3) is 0 Å². The number of nitrogens with one attached hydrogen (secondary N) is 1. The maximum atomic E-state index is 13.5. The molecule has 2 aliphatic carbocycles. The molecule has 1 unspecified atom stereocenters. The summed E-state index contributed by atoms with van der Waals surface area (Å²) in [6, 6.07) is 17.8. The number of carbonyl (C=O) groups is 1. The van der Waals surface area contributed by atoms with Crippen LogP contribution in [0.15, 0.2) is 54.6 Å². The summed E-state index contributed by atoms with van der Waals surface area (Å²) in [6.45, 7) is 4.37. The molecule has 2 N–H and O–H groups in total. The summed E-state index contributed by atoms with van der Waals surface area (Å²) in [5, 5.41) is 13.4. The van der Waals surface area contributed by atoms with Crippen molar-refractivity contribution in [2.75, 3.05) is 32.8 Å². The van der Waals surface area contributed by atoms with Gasteiger partial charge in [-0.1, -0.05) is 42.5 Å². The van der Waals surface area contributed by atoms with Gasteiger partial charge in [-0.15, -0.1) is 0 Å². The summed E-state index contributed by atoms with van der Waals surface area (Å²) < 4.78 is 19.7. The Morgan fingerprint density at radius 2 is 1.85 bits per heavy atom. The van der Waals surface area contributed by atoms with Gasteiger partial charge in [0.05, 0.1) is 18.6 Å². The molecule has 0 bridgehead atoms. The average Bonchev–Trinajstić information content (AvgIpc) is 3.76. The molecule has 0 aromatic heterocycles. The first-order chi connectivity index (χ1) is 16.5. The molecule has 1 aliphatic heterocycles. The minimum absolute atomic E-state index is 0.00753. The van der Waals surface area contributed by atoms with Gasteiger partial charge in [0.2, 0.25) is 0 Å². The van der Waals surface area contributed by atoms with E-state index in [2.05, 4.69) is 40.5 Å². The largest absolute Gasteiger partial charge is 0.481 e. The topological polar surface area (TPSA) is 61.8 Å². The van der Waals surface area contributed by atoms with Crippen molar-refractivity contribution in [3.8, 4) is 0 Å². The fourth-order valence-electron chi connectivity index (χ4n) is 5.43. The molecule has 0 amide bonds. The fraction of sp³-hybridized carbons (Fsp3) is 0.536. The van der Waals surface area contributed by atoms with Crippen molar-refractivity contribution in [2.45, 2.75) is 50.7 Å². The van der Waals surface area contributed by atoms with E-state index in [1.807, 2.05) is 6.07 Å². The van der Waals surface area contributed by atoms with E-state index in [0.29, 0.717) is 31.7 Å². The summed E-state index contributed by atoms with van der Waals surface area (Å²) in [5.74, 6) is -0.305. The molecule has 2 aromatic carbocycles. The number of ether oxygens (including phenoxy) is 1. The molecule has 2 saturated carbocycles. The van der Waals surface area contributed by atoms with Crippen molar-refractivity contribution < 1.29 is 19.0 Å². The Bertz CT molecular complexity index is 986. The van der Waals surface area contributed by atoms with E-state index in [4.69, 9.17) is 4.74 Å². The quantitative estimate of drug-likeness (QED) is 0.513. The van der Waals surface area contributed by atoms with Crippen LogP contribution in [0, 0.1) is 16.6 Å². The smallest absolute Gasteiger partial charge is 0.310 e. The number of carboxylic acid groups (broad SMARTS) is 1. The number of piperidine rings is 1. The molecule has 3 fully saturated rings. The monoisotopic (exact) mass is 466 g/mol. The third-order valence-electron chi connectivity index (χ3n) is 8.07. The van der Waals surface area contributed by atoms with Crippen molar-refractivity contribution >= 4 is 5.97 Å². The van der Waals surface area contributed by atoms with E-state index in [9.17, 15) is 14.3 Å². The van der Waals surface area contributed by atoms with Gasteiger partial charge >= 0.3 is 5.97 Å². The van der Waals surface area contributed by atoms with E-state index in [0.717, 1.165) is 57.3 Å². The lowest BCUT2D eigenvalue weighted by atomic mass is 9.78. The van der Waals surface area contributed by atoms with Crippen molar-refractivity contribution in [1.29, 1.82) is 0 Å². The molecule has 5 nitrogen and oxygen atoms in total. The molecule has 1 saturated heterocycles. The number of nitrogens with zero attached hydrogens (tertiary/aromatic N) is 1. The van der Waals surface area contributed by atoms with Gasteiger partial charge in [0.15, 0.2) is 0 Å². The highest BCUT2D eigenvalue weighted by Gasteiger charge is 2.52. The highest BCUT2D eigenvalue weighted by molar-refractivity contribution is 5.78. The van der Waals surface area contributed by atoms with Gasteiger partial charge in [0.25, 0.3) is 0 Å². The second kappa shape index (κ2) is 9.76. The van der Waals surface area contributed by atoms with Gasteiger partial charge in [-0.05, 0) is 68.5 Å². The summed E-state index contributed by atoms with van der Waals surface area (Å²) in [5.41, 5.74) is 1.75. The van der Waals surface area contributed by atoms with Crippen LogP contribution >= 0.6 is 0 Å². The molecule has 34 heavy (non-hydrogen) atoms. The van der Waals surface area contributed by atoms with Crippen LogP contribution in [0.3, 0.4) is 0 Å². The molecule has 182 valence electrons. The number of benzene rings is 2. The highest BCUT2D eigenvalue weighted by Crippen LogP contribution is 2.47. The van der Waals surface area contributed by atoms with Gasteiger partial charge < -0.3 is 20.1 Å². The SMILES string of the molecule is O=C(O)C1(CN2CCC(CN[C@@H]3CC3c3ccccc3)(COCc3cccc(F)c3)CC2)CC1. The van der Waals surface area contributed by atoms with E-state index in [1.54, 1.807) is 6.07 Å². The van der Waals surface area contributed by atoms with Crippen molar-refractivity contribution in [3.05, 3.63) is 71.5 Å². The first-order valence-electron chi connectivity index (χ1n) is 12.5. The number of hydrogen-bond donors (Lipinski definition) is 2. The van der Waals surface area contributed by atoms with E-state index in [-0.39, 0.29) is 11.2 Å². The normalized spacial score (nSPS) is 25.1. The van der Waals surface area contributed by atoms with Crippen LogP contribution in [0.1, 0.15) is 49.1 Å². The van der Waals surface area contributed by atoms with Crippen LogP contribution in [-0.2, 0) is 16.1 Å². The lowest BCUT2D eigenvalue weighted by Gasteiger charge is -2.42. The van der Waals surface area contributed by atoms with E-state index < -0.39 is 11.4 Å². The highest BCUT2D eigenvalue weighted by atomic mass is 19.1. The van der Waals surface area contributed by atoms with Crippen molar-refractivity contribution in [1.82, 2.24) is 10.2 Å². The van der Waals surface area contributed by atoms with Gasteiger partial charge in [0, 0.05) is 30.5 Å². The lowest BCUT2D eigenvalue weighted by molar-refractivity contribution is -0.144. The number of carboxylic acids is 1. The minimum Gasteiger partial charge on any atom is -0.481 e. The first-order valence-corrected chi connectivity index (χ1v) is 12.5. The maximum Gasteiger partial charge on any atom is 0.310 e. The average molecular weight is 467 g/mol. The van der Waals surface area contributed by atoms with Crippen molar-refractivity contribution in [3.63, 3.8) is 0 Å². The summed E-state index contributed by atoms with van der Waals surface area (Å²) in [4.78, 5) is 14.0. The van der Waals surface area contributed by atoms with Gasteiger partial charge in [-0.3, -0.25) is 4.79 Å². The predicted molar refractivity (Wildman–Crippen MR) is 129 cm³/mol. The predicted octanol–water partition coefficient (Wildman–Crippen LogP) is 4.44. The number of aliphatic carboxylic acids is 1. The zero-order valence-corrected chi connectivity index (χ0v) is 19.7. The molecule has 1 heterocycles. The minimum atomic E-state index is -0.648. The third kappa shape index (κ3) is 5.51. The Hall–Kier alpha value is -2.28. The van der Waals surface area contributed by atoms with Crippen LogP contribution in [-0.4, -0.2) is 54.8 Å².